The minimum Gasteiger partial charge on any atom is -0.423 e. The van der Waals surface area contributed by atoms with Crippen molar-refractivity contribution in [3.63, 3.8) is 0 Å². The molecule has 1 aliphatic rings. The maximum atomic E-state index is 12.2. The Kier molecular flexibility index (Phi) is 7.62. The van der Waals surface area contributed by atoms with Crippen molar-refractivity contribution in [2.24, 2.45) is 5.92 Å². The molecule has 32 heavy (non-hydrogen) atoms. The van der Waals surface area contributed by atoms with Crippen LogP contribution in [-0.2, 0) is 9.59 Å². The molecule has 2 N–H and O–H groups in total. The predicted molar refractivity (Wildman–Crippen MR) is 121 cm³/mol. The van der Waals surface area contributed by atoms with Gasteiger partial charge in [-0.15, -0.1) is 0 Å². The molecule has 0 unspecified atom stereocenters. The average molecular weight is 437 g/mol. The Morgan fingerprint density at radius 2 is 1.47 bits per heavy atom. The third kappa shape index (κ3) is 5.33. The molecular formula is C26H28O6. The standard InChI is InChI=1S/C26H28O6/c1-4-18-11-21(12-18)23-13-20(7-10-24(23)32-26(30)17(3)15-28)19-5-8-22(9-6-19)31-25(29)16(2)14-27/h5-10,13,18,21,27-28H,2-4,11-12,14-15H2,1H3. The topological polar surface area (TPSA) is 93.1 Å². The van der Waals surface area contributed by atoms with Gasteiger partial charge in [-0.3, -0.25) is 0 Å². The van der Waals surface area contributed by atoms with Crippen LogP contribution in [0, 0.1) is 5.92 Å². The fourth-order valence-electron chi connectivity index (χ4n) is 3.66. The van der Waals surface area contributed by atoms with Crippen molar-refractivity contribution in [2.75, 3.05) is 13.2 Å². The molecule has 0 aliphatic heterocycles. The zero-order valence-electron chi connectivity index (χ0n) is 18.2. The van der Waals surface area contributed by atoms with E-state index < -0.39 is 25.2 Å². The van der Waals surface area contributed by atoms with Crippen LogP contribution in [0.5, 0.6) is 11.5 Å². The summed E-state index contributed by atoms with van der Waals surface area (Å²) in [5.41, 5.74) is 2.81. The molecule has 6 nitrogen and oxygen atoms in total. The Balaban J connectivity index is 1.84. The van der Waals surface area contributed by atoms with Crippen LogP contribution in [-0.4, -0.2) is 35.4 Å². The van der Waals surface area contributed by atoms with Gasteiger partial charge in [-0.25, -0.2) is 9.59 Å². The summed E-state index contributed by atoms with van der Waals surface area (Å²) in [5, 5.41) is 18.1. The fraction of sp³-hybridized carbons (Fsp3) is 0.308. The number of carbonyl (C=O) groups is 2. The van der Waals surface area contributed by atoms with Gasteiger partial charge in [0.05, 0.1) is 24.4 Å². The number of ether oxygens (including phenoxy) is 2. The van der Waals surface area contributed by atoms with E-state index in [9.17, 15) is 9.59 Å². The molecule has 2 aromatic carbocycles. The van der Waals surface area contributed by atoms with Crippen molar-refractivity contribution in [1.29, 1.82) is 0 Å². The number of benzene rings is 2. The molecule has 168 valence electrons. The average Bonchev–Trinajstić information content (AvgIpc) is 2.78. The van der Waals surface area contributed by atoms with E-state index in [4.69, 9.17) is 19.7 Å². The Hall–Kier alpha value is -3.22. The van der Waals surface area contributed by atoms with Crippen LogP contribution in [0.3, 0.4) is 0 Å². The Morgan fingerprint density at radius 1 is 0.906 bits per heavy atom. The number of aliphatic hydroxyl groups is 2. The lowest BCUT2D eigenvalue weighted by Crippen LogP contribution is -2.22. The van der Waals surface area contributed by atoms with Crippen LogP contribution in [0.1, 0.15) is 37.7 Å². The van der Waals surface area contributed by atoms with Crippen molar-refractivity contribution >= 4 is 11.9 Å². The third-order valence-corrected chi connectivity index (χ3v) is 5.82. The zero-order valence-corrected chi connectivity index (χ0v) is 18.2. The van der Waals surface area contributed by atoms with E-state index >= 15 is 0 Å². The van der Waals surface area contributed by atoms with Gasteiger partial charge < -0.3 is 19.7 Å². The first kappa shape index (κ1) is 23.4. The second-order valence-electron chi connectivity index (χ2n) is 8.02. The molecule has 1 fully saturated rings. The summed E-state index contributed by atoms with van der Waals surface area (Å²) in [5.74, 6) is 0.501. The summed E-state index contributed by atoms with van der Waals surface area (Å²) in [4.78, 5) is 23.9. The molecule has 0 radical (unpaired) electrons. The maximum Gasteiger partial charge on any atom is 0.341 e. The summed E-state index contributed by atoms with van der Waals surface area (Å²) in [6.45, 7) is 8.25. The molecule has 3 rings (SSSR count). The molecule has 1 aliphatic carbocycles. The smallest absolute Gasteiger partial charge is 0.341 e. The first-order valence-corrected chi connectivity index (χ1v) is 10.6. The minimum atomic E-state index is -0.673. The summed E-state index contributed by atoms with van der Waals surface area (Å²) in [6.07, 6.45) is 3.19. The highest BCUT2D eigenvalue weighted by Gasteiger charge is 2.31. The molecule has 1 saturated carbocycles. The summed E-state index contributed by atoms with van der Waals surface area (Å²) in [7, 11) is 0. The summed E-state index contributed by atoms with van der Waals surface area (Å²) < 4.78 is 10.7. The van der Waals surface area contributed by atoms with Gasteiger partial charge >= 0.3 is 11.9 Å². The number of carbonyl (C=O) groups excluding carboxylic acids is 2. The van der Waals surface area contributed by atoms with Crippen LogP contribution in [0.25, 0.3) is 11.1 Å². The lowest BCUT2D eigenvalue weighted by Gasteiger charge is -2.36. The maximum absolute atomic E-state index is 12.2. The first-order valence-electron chi connectivity index (χ1n) is 10.6. The van der Waals surface area contributed by atoms with E-state index in [0.29, 0.717) is 23.3 Å². The molecule has 0 heterocycles. The Bertz CT molecular complexity index is 1020. The molecule has 6 heteroatoms. The zero-order chi connectivity index (χ0) is 23.3. The fourth-order valence-corrected chi connectivity index (χ4v) is 3.66. The lowest BCUT2D eigenvalue weighted by atomic mass is 9.70. The molecule has 0 bridgehead atoms. The first-order chi connectivity index (χ1) is 15.4. The van der Waals surface area contributed by atoms with Gasteiger partial charge in [0.1, 0.15) is 11.5 Å². The Labute approximate surface area is 187 Å². The normalized spacial score (nSPS) is 17.2. The molecule has 0 atom stereocenters. The predicted octanol–water partition coefficient (Wildman–Crippen LogP) is 4.17. The van der Waals surface area contributed by atoms with Crippen molar-refractivity contribution in [1.82, 2.24) is 0 Å². The third-order valence-electron chi connectivity index (χ3n) is 5.82. The molecule has 0 amide bonds. The van der Waals surface area contributed by atoms with Crippen molar-refractivity contribution in [3.05, 3.63) is 72.3 Å². The van der Waals surface area contributed by atoms with Gasteiger partial charge in [-0.05, 0) is 65.6 Å². The SMILES string of the molecule is C=C(CO)C(=O)Oc1ccc(-c2ccc(OC(=O)C(=C)CO)c(C3CC(CC)C3)c2)cc1. The van der Waals surface area contributed by atoms with Gasteiger partial charge in [0.25, 0.3) is 0 Å². The molecule has 0 aromatic heterocycles. The van der Waals surface area contributed by atoms with Crippen molar-refractivity contribution < 1.29 is 29.3 Å². The van der Waals surface area contributed by atoms with Gasteiger partial charge in [-0.2, -0.15) is 0 Å². The van der Waals surface area contributed by atoms with E-state index in [1.54, 1.807) is 18.2 Å². The van der Waals surface area contributed by atoms with Gasteiger partial charge in [-0.1, -0.05) is 44.7 Å². The summed E-state index contributed by atoms with van der Waals surface area (Å²) in [6, 6.07) is 12.7. The monoisotopic (exact) mass is 436 g/mol. The van der Waals surface area contributed by atoms with E-state index in [0.717, 1.165) is 36.0 Å². The lowest BCUT2D eigenvalue weighted by molar-refractivity contribution is -0.131. The molecule has 0 spiro atoms. The molecule has 0 saturated heterocycles. The second kappa shape index (κ2) is 10.4. The number of rotatable bonds is 9. The van der Waals surface area contributed by atoms with Crippen LogP contribution >= 0.6 is 0 Å². The van der Waals surface area contributed by atoms with E-state index in [1.165, 1.54) is 0 Å². The van der Waals surface area contributed by atoms with Crippen LogP contribution in [0.15, 0.2) is 66.8 Å². The van der Waals surface area contributed by atoms with Gasteiger partial charge in [0, 0.05) is 0 Å². The highest BCUT2D eigenvalue weighted by atomic mass is 16.5. The minimum absolute atomic E-state index is 0.00841. The van der Waals surface area contributed by atoms with Gasteiger partial charge in [0.15, 0.2) is 0 Å². The van der Waals surface area contributed by atoms with Gasteiger partial charge in [0.2, 0.25) is 0 Å². The number of hydrogen-bond donors (Lipinski definition) is 2. The number of hydrogen-bond acceptors (Lipinski definition) is 6. The van der Waals surface area contributed by atoms with Crippen molar-refractivity contribution in [2.45, 2.75) is 32.1 Å². The number of esters is 2. The van der Waals surface area contributed by atoms with Crippen LogP contribution in [0.4, 0.5) is 0 Å². The highest BCUT2D eigenvalue weighted by Crippen LogP contribution is 2.47. The van der Waals surface area contributed by atoms with Crippen LogP contribution < -0.4 is 9.47 Å². The highest BCUT2D eigenvalue weighted by molar-refractivity contribution is 5.90. The molecular weight excluding hydrogens is 408 g/mol. The Morgan fingerprint density at radius 3 is 2.03 bits per heavy atom. The quantitative estimate of drug-likeness (QED) is 0.348. The van der Waals surface area contributed by atoms with Crippen LogP contribution in [0.2, 0.25) is 0 Å². The summed E-state index contributed by atoms with van der Waals surface area (Å²) >= 11 is 0. The van der Waals surface area contributed by atoms with E-state index in [1.807, 2.05) is 24.3 Å². The molecule has 2 aromatic rings. The largest absolute Gasteiger partial charge is 0.423 e. The van der Waals surface area contributed by atoms with E-state index in [2.05, 4.69) is 20.1 Å². The van der Waals surface area contributed by atoms with Crippen molar-refractivity contribution in [3.8, 4) is 22.6 Å². The number of aliphatic hydroxyl groups excluding tert-OH is 2. The van der Waals surface area contributed by atoms with E-state index in [-0.39, 0.29) is 11.1 Å². The second-order valence-corrected chi connectivity index (χ2v) is 8.02.